The van der Waals surface area contributed by atoms with Gasteiger partial charge in [-0.2, -0.15) is 0 Å². The Morgan fingerprint density at radius 2 is 2.15 bits per heavy atom. The van der Waals surface area contributed by atoms with Crippen LogP contribution >= 0.6 is 0 Å². The fourth-order valence-electron chi connectivity index (χ4n) is 1.93. The van der Waals surface area contributed by atoms with Crippen molar-refractivity contribution in [3.63, 3.8) is 0 Å². The molecule has 68 valence electrons. The van der Waals surface area contributed by atoms with E-state index < -0.39 is 0 Å². The summed E-state index contributed by atoms with van der Waals surface area (Å²) in [7, 11) is 2.09. The Labute approximate surface area is 78.2 Å². The molecule has 2 nitrogen and oxygen atoms in total. The second-order valence-electron chi connectivity index (χ2n) is 3.74. The SMILES string of the molecule is CC(C)c1c2ccncc2cn1C. The number of fused-ring (bicyclic) bond motifs is 1. The average Bonchev–Trinajstić information content (AvgIpc) is 2.39. The van der Waals surface area contributed by atoms with Crippen molar-refractivity contribution in [2.24, 2.45) is 7.05 Å². The molecule has 0 aromatic carbocycles. The number of nitrogens with zero attached hydrogens (tertiary/aromatic N) is 2. The highest BCUT2D eigenvalue weighted by molar-refractivity contribution is 5.85. The first-order chi connectivity index (χ1) is 6.20. The summed E-state index contributed by atoms with van der Waals surface area (Å²) in [6.45, 7) is 4.43. The van der Waals surface area contributed by atoms with Crippen molar-refractivity contribution in [2.45, 2.75) is 19.8 Å². The molecule has 0 amide bonds. The molecule has 0 bridgehead atoms. The molecule has 0 aliphatic rings. The lowest BCUT2D eigenvalue weighted by Crippen LogP contribution is -1.96. The minimum Gasteiger partial charge on any atom is -0.353 e. The van der Waals surface area contributed by atoms with Gasteiger partial charge in [0.25, 0.3) is 0 Å². The summed E-state index contributed by atoms with van der Waals surface area (Å²) >= 11 is 0. The summed E-state index contributed by atoms with van der Waals surface area (Å²) in [5, 5.41) is 2.56. The Balaban J connectivity index is 2.78. The third-order valence-corrected chi connectivity index (χ3v) is 2.39. The summed E-state index contributed by atoms with van der Waals surface area (Å²) in [6.07, 6.45) is 5.91. The van der Waals surface area contributed by atoms with Gasteiger partial charge in [0.1, 0.15) is 0 Å². The number of rotatable bonds is 1. The zero-order chi connectivity index (χ0) is 9.42. The summed E-state index contributed by atoms with van der Waals surface area (Å²) < 4.78 is 2.19. The Hall–Kier alpha value is -1.31. The molecule has 0 spiro atoms. The third kappa shape index (κ3) is 1.22. The van der Waals surface area contributed by atoms with E-state index in [1.807, 2.05) is 12.4 Å². The van der Waals surface area contributed by atoms with Crippen LogP contribution in [0.2, 0.25) is 0 Å². The summed E-state index contributed by atoms with van der Waals surface area (Å²) in [6, 6.07) is 2.09. The van der Waals surface area contributed by atoms with Gasteiger partial charge < -0.3 is 4.57 Å². The van der Waals surface area contributed by atoms with Gasteiger partial charge in [-0.3, -0.25) is 4.98 Å². The lowest BCUT2D eigenvalue weighted by atomic mass is 10.1. The molecule has 2 heteroatoms. The predicted octanol–water partition coefficient (Wildman–Crippen LogP) is 2.70. The third-order valence-electron chi connectivity index (χ3n) is 2.39. The van der Waals surface area contributed by atoms with Crippen LogP contribution in [-0.2, 0) is 7.05 Å². The van der Waals surface area contributed by atoms with Gasteiger partial charge in [0.2, 0.25) is 0 Å². The maximum atomic E-state index is 4.11. The number of pyridine rings is 1. The van der Waals surface area contributed by atoms with Crippen molar-refractivity contribution < 1.29 is 0 Å². The Bertz CT molecular complexity index is 427. The van der Waals surface area contributed by atoms with Crippen molar-refractivity contribution >= 4 is 10.8 Å². The lowest BCUT2D eigenvalue weighted by Gasteiger charge is -2.07. The highest BCUT2D eigenvalue weighted by Crippen LogP contribution is 2.25. The molecule has 2 aromatic heterocycles. The van der Waals surface area contributed by atoms with E-state index in [1.165, 1.54) is 16.5 Å². The van der Waals surface area contributed by atoms with Crippen molar-refractivity contribution in [3.05, 3.63) is 30.4 Å². The molecule has 0 aliphatic carbocycles. The van der Waals surface area contributed by atoms with Gasteiger partial charge in [0.05, 0.1) is 0 Å². The van der Waals surface area contributed by atoms with E-state index in [9.17, 15) is 0 Å². The van der Waals surface area contributed by atoms with E-state index in [0.29, 0.717) is 5.92 Å². The molecular weight excluding hydrogens is 160 g/mol. The highest BCUT2D eigenvalue weighted by atomic mass is 14.9. The number of hydrogen-bond acceptors (Lipinski definition) is 1. The molecule has 0 aliphatic heterocycles. The first kappa shape index (κ1) is 8.30. The zero-order valence-electron chi connectivity index (χ0n) is 8.28. The van der Waals surface area contributed by atoms with E-state index in [4.69, 9.17) is 0 Å². The van der Waals surface area contributed by atoms with E-state index in [2.05, 4.69) is 42.7 Å². The minimum atomic E-state index is 0.560. The molecule has 0 saturated heterocycles. The average molecular weight is 174 g/mol. The number of hydrogen-bond donors (Lipinski definition) is 0. The predicted molar refractivity (Wildman–Crippen MR) is 54.8 cm³/mol. The molecule has 0 fully saturated rings. The van der Waals surface area contributed by atoms with Gasteiger partial charge >= 0.3 is 0 Å². The Morgan fingerprint density at radius 3 is 2.85 bits per heavy atom. The maximum Gasteiger partial charge on any atom is 0.0361 e. The summed E-state index contributed by atoms with van der Waals surface area (Å²) in [4.78, 5) is 4.11. The fourth-order valence-corrected chi connectivity index (χ4v) is 1.93. The van der Waals surface area contributed by atoms with Crippen LogP contribution in [0.3, 0.4) is 0 Å². The first-order valence-electron chi connectivity index (χ1n) is 4.59. The summed E-state index contributed by atoms with van der Waals surface area (Å²) in [5.74, 6) is 0.560. The van der Waals surface area contributed by atoms with E-state index in [1.54, 1.807) is 0 Å². The standard InChI is InChI=1S/C11H14N2/c1-8(2)11-10-4-5-12-6-9(10)7-13(11)3/h4-8H,1-3H3. The second-order valence-corrected chi connectivity index (χ2v) is 3.74. The molecule has 0 N–H and O–H groups in total. The molecule has 2 aromatic rings. The molecule has 2 rings (SSSR count). The van der Waals surface area contributed by atoms with Crippen LogP contribution in [0.25, 0.3) is 10.8 Å². The lowest BCUT2D eigenvalue weighted by molar-refractivity contribution is 0.748. The minimum absolute atomic E-state index is 0.560. The number of aryl methyl sites for hydroxylation is 1. The van der Waals surface area contributed by atoms with Crippen molar-refractivity contribution in [1.82, 2.24) is 9.55 Å². The molecule has 0 unspecified atom stereocenters. The van der Waals surface area contributed by atoms with Crippen LogP contribution in [0.4, 0.5) is 0 Å². The molecule has 13 heavy (non-hydrogen) atoms. The zero-order valence-corrected chi connectivity index (χ0v) is 8.28. The Morgan fingerprint density at radius 1 is 1.38 bits per heavy atom. The van der Waals surface area contributed by atoms with Crippen molar-refractivity contribution in [3.8, 4) is 0 Å². The van der Waals surface area contributed by atoms with Gasteiger partial charge in [-0.1, -0.05) is 13.8 Å². The fraction of sp³-hybridized carbons (Fsp3) is 0.364. The maximum absolute atomic E-state index is 4.11. The van der Waals surface area contributed by atoms with Crippen LogP contribution in [-0.4, -0.2) is 9.55 Å². The molecular formula is C11H14N2. The van der Waals surface area contributed by atoms with E-state index in [-0.39, 0.29) is 0 Å². The van der Waals surface area contributed by atoms with Crippen molar-refractivity contribution in [2.75, 3.05) is 0 Å². The normalized spacial score (nSPS) is 11.4. The largest absolute Gasteiger partial charge is 0.353 e. The van der Waals surface area contributed by atoms with Crippen LogP contribution in [0.15, 0.2) is 24.7 Å². The number of aromatic nitrogens is 2. The summed E-state index contributed by atoms with van der Waals surface area (Å²) in [5.41, 5.74) is 1.39. The van der Waals surface area contributed by atoms with Crippen LogP contribution in [0.5, 0.6) is 0 Å². The quantitative estimate of drug-likeness (QED) is 0.650. The van der Waals surface area contributed by atoms with E-state index >= 15 is 0 Å². The molecule has 0 saturated carbocycles. The van der Waals surface area contributed by atoms with Gasteiger partial charge in [-0.15, -0.1) is 0 Å². The monoisotopic (exact) mass is 174 g/mol. The molecule has 2 heterocycles. The van der Waals surface area contributed by atoms with Gasteiger partial charge in [0.15, 0.2) is 0 Å². The highest BCUT2D eigenvalue weighted by Gasteiger charge is 2.09. The Kier molecular flexibility index (Phi) is 1.83. The van der Waals surface area contributed by atoms with Crippen molar-refractivity contribution in [1.29, 1.82) is 0 Å². The first-order valence-corrected chi connectivity index (χ1v) is 4.59. The smallest absolute Gasteiger partial charge is 0.0361 e. The van der Waals surface area contributed by atoms with Crippen LogP contribution in [0, 0.1) is 0 Å². The van der Waals surface area contributed by atoms with Gasteiger partial charge in [-0.25, -0.2) is 0 Å². The van der Waals surface area contributed by atoms with Gasteiger partial charge in [-0.05, 0) is 12.0 Å². The van der Waals surface area contributed by atoms with Gasteiger partial charge in [0, 0.05) is 42.1 Å². The molecule has 0 atom stereocenters. The topological polar surface area (TPSA) is 17.8 Å². The van der Waals surface area contributed by atoms with Crippen LogP contribution in [0.1, 0.15) is 25.5 Å². The van der Waals surface area contributed by atoms with Crippen LogP contribution < -0.4 is 0 Å². The second kappa shape index (κ2) is 2.87. The molecule has 0 radical (unpaired) electrons. The van der Waals surface area contributed by atoms with E-state index in [0.717, 1.165) is 0 Å².